The minimum absolute atomic E-state index is 0.0486. The molecule has 0 bridgehead atoms. The summed E-state index contributed by atoms with van der Waals surface area (Å²) in [4.78, 5) is 16.1. The Kier molecular flexibility index (Phi) is 5.08. The topological polar surface area (TPSA) is 83.8 Å². The fourth-order valence-corrected chi connectivity index (χ4v) is 3.13. The van der Waals surface area contributed by atoms with Gasteiger partial charge in [0.05, 0.1) is 6.54 Å². The average Bonchev–Trinajstić information content (AvgIpc) is 3.17. The van der Waals surface area contributed by atoms with Crippen LogP contribution >= 0.6 is 15.9 Å². The van der Waals surface area contributed by atoms with Gasteiger partial charge in [-0.25, -0.2) is 0 Å². The smallest absolute Gasteiger partial charge is 0.264 e. The molecule has 6 nitrogen and oxygen atoms in total. The van der Waals surface area contributed by atoms with Crippen LogP contribution in [0.25, 0.3) is 11.6 Å². The van der Waals surface area contributed by atoms with E-state index in [-0.39, 0.29) is 5.78 Å². The second-order valence-corrected chi connectivity index (χ2v) is 7.01. The first-order valence-electron chi connectivity index (χ1n) is 8.08. The number of benzene rings is 1. The highest BCUT2D eigenvalue weighted by Crippen LogP contribution is 2.29. The third-order valence-electron chi connectivity index (χ3n) is 3.97. The van der Waals surface area contributed by atoms with Crippen LogP contribution in [0, 0.1) is 13.8 Å². The van der Waals surface area contributed by atoms with Gasteiger partial charge in [0.2, 0.25) is 5.89 Å². The molecule has 0 spiro atoms. The zero-order chi connectivity index (χ0) is 18.8. The van der Waals surface area contributed by atoms with Crippen molar-refractivity contribution in [3.63, 3.8) is 0 Å². The highest BCUT2D eigenvalue weighted by atomic mass is 79.9. The fraction of sp³-hybridized carbons (Fsp3) is 0.211. The Labute approximate surface area is 159 Å². The van der Waals surface area contributed by atoms with Crippen LogP contribution in [0.1, 0.15) is 40.0 Å². The monoisotopic (exact) mass is 414 g/mol. The molecule has 0 saturated carbocycles. The van der Waals surface area contributed by atoms with Gasteiger partial charge in [0, 0.05) is 27.0 Å². The maximum absolute atomic E-state index is 12.9. The summed E-state index contributed by atoms with van der Waals surface area (Å²) in [7, 11) is 0. The number of H-pyrrole nitrogens is 1. The van der Waals surface area contributed by atoms with Crippen LogP contribution in [0.15, 0.2) is 45.4 Å². The fourth-order valence-electron chi connectivity index (χ4n) is 2.73. The van der Waals surface area contributed by atoms with E-state index in [1.54, 1.807) is 6.07 Å². The standard InChI is InChI=1S/C19H19BrN4O2/c1-10(2)21-9-15-23-24-19(26-15)17-11(3)16(12(4)22-17)18(25)13-6-5-7-14(20)8-13/h5-8,21-22H,1,9H2,2-4H3. The molecule has 134 valence electrons. The molecule has 0 aliphatic rings. The number of aryl methyl sites for hydroxylation is 1. The van der Waals surface area contributed by atoms with Gasteiger partial charge in [-0.15, -0.1) is 10.2 Å². The number of nitrogens with zero attached hydrogens (tertiary/aromatic N) is 2. The van der Waals surface area contributed by atoms with E-state index in [2.05, 4.69) is 43.0 Å². The number of rotatable bonds is 6. The van der Waals surface area contributed by atoms with Crippen LogP contribution in [0.3, 0.4) is 0 Å². The molecule has 0 fully saturated rings. The Balaban J connectivity index is 1.93. The Bertz CT molecular complexity index is 987. The molecular weight excluding hydrogens is 396 g/mol. The molecule has 2 N–H and O–H groups in total. The van der Waals surface area contributed by atoms with E-state index in [9.17, 15) is 4.79 Å². The number of hydrogen-bond donors (Lipinski definition) is 2. The maximum Gasteiger partial charge on any atom is 0.264 e. The summed E-state index contributed by atoms with van der Waals surface area (Å²) in [5, 5.41) is 11.2. The molecule has 26 heavy (non-hydrogen) atoms. The number of ketones is 1. The van der Waals surface area contributed by atoms with Crippen molar-refractivity contribution in [1.29, 1.82) is 0 Å². The predicted octanol–water partition coefficient (Wildman–Crippen LogP) is 4.30. The summed E-state index contributed by atoms with van der Waals surface area (Å²) in [5.74, 6) is 0.763. The third kappa shape index (κ3) is 3.62. The van der Waals surface area contributed by atoms with Crippen molar-refractivity contribution in [2.75, 3.05) is 0 Å². The van der Waals surface area contributed by atoms with Gasteiger partial charge in [-0.1, -0.05) is 34.6 Å². The van der Waals surface area contributed by atoms with Crippen molar-refractivity contribution in [2.24, 2.45) is 0 Å². The number of nitrogens with one attached hydrogen (secondary N) is 2. The summed E-state index contributed by atoms with van der Waals surface area (Å²) < 4.78 is 6.56. The molecule has 3 rings (SSSR count). The highest BCUT2D eigenvalue weighted by molar-refractivity contribution is 9.10. The molecule has 0 unspecified atom stereocenters. The summed E-state index contributed by atoms with van der Waals surface area (Å²) in [5.41, 5.74) is 4.28. The molecule has 7 heteroatoms. The van der Waals surface area contributed by atoms with E-state index in [0.29, 0.717) is 35.1 Å². The first-order chi connectivity index (χ1) is 12.4. The number of allylic oxidation sites excluding steroid dienone is 1. The number of halogens is 1. The molecule has 0 amide bonds. The van der Waals surface area contributed by atoms with Gasteiger partial charge in [-0.3, -0.25) is 4.79 Å². The van der Waals surface area contributed by atoms with Crippen molar-refractivity contribution < 1.29 is 9.21 Å². The van der Waals surface area contributed by atoms with E-state index in [1.807, 2.05) is 39.0 Å². The summed E-state index contributed by atoms with van der Waals surface area (Å²) >= 11 is 3.40. The lowest BCUT2D eigenvalue weighted by Gasteiger charge is -2.03. The van der Waals surface area contributed by atoms with Gasteiger partial charge in [-0.05, 0) is 38.5 Å². The van der Waals surface area contributed by atoms with Crippen LogP contribution in [-0.2, 0) is 6.54 Å². The molecule has 1 aromatic carbocycles. The lowest BCUT2D eigenvalue weighted by Crippen LogP contribution is -2.09. The van der Waals surface area contributed by atoms with Crippen molar-refractivity contribution in [3.05, 3.63) is 69.3 Å². The molecule has 0 aliphatic carbocycles. The van der Waals surface area contributed by atoms with Gasteiger partial charge in [0.1, 0.15) is 5.69 Å². The van der Waals surface area contributed by atoms with E-state index in [4.69, 9.17) is 4.42 Å². The van der Waals surface area contributed by atoms with Gasteiger partial charge in [0.15, 0.2) is 5.78 Å². The zero-order valence-corrected chi connectivity index (χ0v) is 16.4. The van der Waals surface area contributed by atoms with Crippen molar-refractivity contribution in [2.45, 2.75) is 27.3 Å². The second-order valence-electron chi connectivity index (χ2n) is 6.10. The SMILES string of the molecule is C=C(C)NCc1nnc(-c2[nH]c(C)c(C(=O)c3cccc(Br)c3)c2C)o1. The summed E-state index contributed by atoms with van der Waals surface area (Å²) in [6.45, 7) is 9.77. The number of aromatic nitrogens is 3. The van der Waals surface area contributed by atoms with Gasteiger partial charge >= 0.3 is 0 Å². The van der Waals surface area contributed by atoms with Crippen LogP contribution < -0.4 is 5.32 Å². The van der Waals surface area contributed by atoms with Crippen LogP contribution in [0.4, 0.5) is 0 Å². The second kappa shape index (κ2) is 7.29. The molecule has 2 aromatic heterocycles. The first kappa shape index (κ1) is 18.1. The number of carbonyl (C=O) groups excluding carboxylic acids is 1. The van der Waals surface area contributed by atoms with E-state index in [1.165, 1.54) is 0 Å². The average molecular weight is 415 g/mol. The molecule has 2 heterocycles. The van der Waals surface area contributed by atoms with Gasteiger partial charge in [0.25, 0.3) is 5.89 Å². The quantitative estimate of drug-likeness (QED) is 0.587. The molecular formula is C19H19BrN4O2. The Hall–Kier alpha value is -2.67. The molecule has 0 radical (unpaired) electrons. The van der Waals surface area contributed by atoms with Crippen LogP contribution in [-0.4, -0.2) is 21.0 Å². The Morgan fingerprint density at radius 1 is 1.35 bits per heavy atom. The van der Waals surface area contributed by atoms with E-state index in [0.717, 1.165) is 21.4 Å². The number of carbonyl (C=O) groups is 1. The minimum atomic E-state index is -0.0486. The molecule has 0 atom stereocenters. The van der Waals surface area contributed by atoms with Gasteiger partial charge < -0.3 is 14.7 Å². The van der Waals surface area contributed by atoms with E-state index >= 15 is 0 Å². The lowest BCUT2D eigenvalue weighted by atomic mass is 10.00. The maximum atomic E-state index is 12.9. The zero-order valence-electron chi connectivity index (χ0n) is 14.8. The Morgan fingerprint density at radius 2 is 2.12 bits per heavy atom. The summed E-state index contributed by atoms with van der Waals surface area (Å²) in [6.07, 6.45) is 0. The largest absolute Gasteiger partial charge is 0.417 e. The molecule has 0 saturated heterocycles. The first-order valence-corrected chi connectivity index (χ1v) is 8.87. The summed E-state index contributed by atoms with van der Waals surface area (Å²) in [6, 6.07) is 7.33. The van der Waals surface area contributed by atoms with Crippen molar-refractivity contribution >= 4 is 21.7 Å². The number of hydrogen-bond acceptors (Lipinski definition) is 5. The van der Waals surface area contributed by atoms with Gasteiger partial charge in [-0.2, -0.15) is 0 Å². The van der Waals surface area contributed by atoms with Crippen molar-refractivity contribution in [3.8, 4) is 11.6 Å². The predicted molar refractivity (Wildman–Crippen MR) is 103 cm³/mol. The minimum Gasteiger partial charge on any atom is -0.417 e. The van der Waals surface area contributed by atoms with Crippen LogP contribution in [0.2, 0.25) is 0 Å². The molecule has 3 aromatic rings. The molecule has 0 aliphatic heterocycles. The third-order valence-corrected chi connectivity index (χ3v) is 4.47. The lowest BCUT2D eigenvalue weighted by molar-refractivity contribution is 0.103. The van der Waals surface area contributed by atoms with Crippen LogP contribution in [0.5, 0.6) is 0 Å². The van der Waals surface area contributed by atoms with E-state index < -0.39 is 0 Å². The Morgan fingerprint density at radius 3 is 2.81 bits per heavy atom. The highest BCUT2D eigenvalue weighted by Gasteiger charge is 2.23. The van der Waals surface area contributed by atoms with Crippen molar-refractivity contribution in [1.82, 2.24) is 20.5 Å². The normalized spacial score (nSPS) is 10.8. The number of aromatic amines is 1.